The van der Waals surface area contributed by atoms with Crippen molar-refractivity contribution in [3.63, 3.8) is 0 Å². The molecule has 2 heterocycles. The van der Waals surface area contributed by atoms with Crippen molar-refractivity contribution >= 4 is 23.4 Å². The molecular formula is C28H27N3O4. The fraction of sp³-hybridized carbons (Fsp3) is 0.250. The molecule has 35 heavy (non-hydrogen) atoms. The SMILES string of the molecule is CCOc1ccccc1[C@@H]1NN(C(=O)c2ccc(C)cc2)[C@H]2C(=O)N(c3ccc(C)cc3)C(=O)[C@@H]12. The van der Waals surface area contributed by atoms with E-state index in [9.17, 15) is 14.4 Å². The van der Waals surface area contributed by atoms with E-state index in [4.69, 9.17) is 4.74 Å². The molecule has 0 spiro atoms. The first-order valence-corrected chi connectivity index (χ1v) is 11.7. The third-order valence-corrected chi connectivity index (χ3v) is 6.60. The second-order valence-electron chi connectivity index (χ2n) is 8.94. The number of hydrazine groups is 1. The van der Waals surface area contributed by atoms with Gasteiger partial charge in [0.2, 0.25) is 5.91 Å². The van der Waals surface area contributed by atoms with E-state index in [1.807, 2.05) is 69.3 Å². The van der Waals surface area contributed by atoms with Gasteiger partial charge < -0.3 is 4.74 Å². The van der Waals surface area contributed by atoms with Crippen LogP contribution in [0.2, 0.25) is 0 Å². The average molecular weight is 470 g/mol. The highest BCUT2D eigenvalue weighted by atomic mass is 16.5. The van der Waals surface area contributed by atoms with E-state index in [2.05, 4.69) is 5.43 Å². The Labute approximate surface area is 204 Å². The molecule has 0 bridgehead atoms. The second kappa shape index (κ2) is 9.00. The van der Waals surface area contributed by atoms with Gasteiger partial charge in [-0.15, -0.1) is 0 Å². The average Bonchev–Trinajstić information content (AvgIpc) is 3.37. The van der Waals surface area contributed by atoms with Crippen molar-refractivity contribution < 1.29 is 19.1 Å². The van der Waals surface area contributed by atoms with Crippen LogP contribution in [0.3, 0.4) is 0 Å². The maximum Gasteiger partial charge on any atom is 0.268 e. The van der Waals surface area contributed by atoms with Gasteiger partial charge in [-0.25, -0.2) is 10.3 Å². The van der Waals surface area contributed by atoms with Crippen molar-refractivity contribution in [1.82, 2.24) is 10.4 Å². The normalized spacial score (nSPS) is 21.4. The lowest BCUT2D eigenvalue weighted by Gasteiger charge is -2.26. The molecule has 2 saturated heterocycles. The Balaban J connectivity index is 1.59. The first-order chi connectivity index (χ1) is 16.9. The summed E-state index contributed by atoms with van der Waals surface area (Å²) in [4.78, 5) is 42.3. The van der Waals surface area contributed by atoms with Crippen LogP contribution in [0.4, 0.5) is 5.69 Å². The van der Waals surface area contributed by atoms with Crippen molar-refractivity contribution in [2.45, 2.75) is 32.9 Å². The number of carbonyl (C=O) groups excluding carboxylic acids is 3. The zero-order valence-corrected chi connectivity index (χ0v) is 19.9. The van der Waals surface area contributed by atoms with Gasteiger partial charge in [0.05, 0.1) is 24.3 Å². The molecule has 2 aliphatic heterocycles. The van der Waals surface area contributed by atoms with Crippen LogP contribution in [0.15, 0.2) is 72.8 Å². The van der Waals surface area contributed by atoms with Crippen LogP contribution in [-0.2, 0) is 9.59 Å². The van der Waals surface area contributed by atoms with Gasteiger partial charge >= 0.3 is 0 Å². The number of benzene rings is 3. The van der Waals surface area contributed by atoms with Crippen LogP contribution >= 0.6 is 0 Å². The lowest BCUT2D eigenvalue weighted by atomic mass is 9.90. The van der Waals surface area contributed by atoms with E-state index in [1.54, 1.807) is 24.3 Å². The van der Waals surface area contributed by atoms with E-state index < -0.39 is 23.9 Å². The zero-order valence-electron chi connectivity index (χ0n) is 19.9. The van der Waals surface area contributed by atoms with Gasteiger partial charge in [-0.1, -0.05) is 53.6 Å². The highest BCUT2D eigenvalue weighted by Crippen LogP contribution is 2.44. The number of fused-ring (bicyclic) bond motifs is 1. The molecule has 0 saturated carbocycles. The third-order valence-electron chi connectivity index (χ3n) is 6.60. The topological polar surface area (TPSA) is 79.0 Å². The highest BCUT2D eigenvalue weighted by Gasteiger charge is 2.60. The molecule has 2 aliphatic rings. The monoisotopic (exact) mass is 469 g/mol. The maximum atomic E-state index is 13.8. The molecule has 1 N–H and O–H groups in total. The van der Waals surface area contributed by atoms with Crippen LogP contribution in [0.25, 0.3) is 0 Å². The van der Waals surface area contributed by atoms with Crippen molar-refractivity contribution in [1.29, 1.82) is 0 Å². The van der Waals surface area contributed by atoms with Crippen LogP contribution in [0, 0.1) is 19.8 Å². The van der Waals surface area contributed by atoms with Gasteiger partial charge in [0.1, 0.15) is 11.8 Å². The maximum absolute atomic E-state index is 13.8. The molecule has 0 unspecified atom stereocenters. The molecule has 178 valence electrons. The predicted molar refractivity (Wildman–Crippen MR) is 132 cm³/mol. The van der Waals surface area contributed by atoms with Gasteiger partial charge in [0, 0.05) is 11.1 Å². The minimum atomic E-state index is -0.975. The molecular weight excluding hydrogens is 442 g/mol. The number of nitrogens with zero attached hydrogens (tertiary/aromatic N) is 2. The van der Waals surface area contributed by atoms with Crippen molar-refractivity contribution in [2.24, 2.45) is 5.92 Å². The van der Waals surface area contributed by atoms with Crippen molar-refractivity contribution in [3.05, 3.63) is 95.1 Å². The Bertz CT molecular complexity index is 1290. The van der Waals surface area contributed by atoms with Crippen LogP contribution in [0.5, 0.6) is 5.75 Å². The van der Waals surface area contributed by atoms with Crippen LogP contribution in [0.1, 0.15) is 40.0 Å². The number of aryl methyl sites for hydroxylation is 2. The number of hydrogen-bond donors (Lipinski definition) is 1. The summed E-state index contributed by atoms with van der Waals surface area (Å²) in [6.45, 7) is 6.22. The number of para-hydroxylation sites is 1. The molecule has 0 aliphatic carbocycles. The Morgan fingerprint density at radius 1 is 0.886 bits per heavy atom. The van der Waals surface area contributed by atoms with E-state index in [1.165, 1.54) is 9.91 Å². The van der Waals surface area contributed by atoms with Gasteiger partial charge in [-0.05, 0) is 51.1 Å². The number of imide groups is 1. The smallest absolute Gasteiger partial charge is 0.268 e. The standard InChI is InChI=1S/C28H27N3O4/c1-4-35-22-8-6-5-7-21(22)24-23-25(31(29-24)26(32)19-13-9-17(2)10-14-19)28(34)30(27(23)33)20-15-11-18(3)12-16-20/h5-16,23-25,29H,4H2,1-3H3/t23-,24-,25+/m0/s1. The molecule has 3 atom stereocenters. The fourth-order valence-corrected chi connectivity index (χ4v) is 4.84. The summed E-state index contributed by atoms with van der Waals surface area (Å²) in [5, 5.41) is 1.33. The Morgan fingerprint density at radius 3 is 2.17 bits per heavy atom. The zero-order chi connectivity index (χ0) is 24.7. The first kappa shape index (κ1) is 22.8. The summed E-state index contributed by atoms with van der Waals surface area (Å²) in [5.41, 5.74) is 6.92. The van der Waals surface area contributed by atoms with Crippen LogP contribution in [-0.4, -0.2) is 35.4 Å². The molecule has 3 amide bonds. The number of nitrogens with one attached hydrogen (secondary N) is 1. The van der Waals surface area contributed by atoms with Gasteiger partial charge in [0.15, 0.2) is 0 Å². The summed E-state index contributed by atoms with van der Waals surface area (Å²) in [5.74, 6) is -1.30. The molecule has 0 radical (unpaired) electrons. The van der Waals surface area contributed by atoms with E-state index in [0.717, 1.165) is 16.7 Å². The third kappa shape index (κ3) is 3.88. The summed E-state index contributed by atoms with van der Waals surface area (Å²) in [7, 11) is 0. The summed E-state index contributed by atoms with van der Waals surface area (Å²) in [6, 6.07) is 20.2. The summed E-state index contributed by atoms with van der Waals surface area (Å²) in [6.07, 6.45) is 0. The molecule has 3 aromatic rings. The molecule has 7 nitrogen and oxygen atoms in total. The Hall–Kier alpha value is -3.97. The molecule has 2 fully saturated rings. The highest BCUT2D eigenvalue weighted by molar-refractivity contribution is 6.25. The summed E-state index contributed by atoms with van der Waals surface area (Å²) >= 11 is 0. The predicted octanol–water partition coefficient (Wildman–Crippen LogP) is 3.96. The number of rotatable bonds is 5. The first-order valence-electron chi connectivity index (χ1n) is 11.7. The van der Waals surface area contributed by atoms with Crippen molar-refractivity contribution in [2.75, 3.05) is 11.5 Å². The Kier molecular flexibility index (Phi) is 5.86. The molecule has 7 heteroatoms. The number of carbonyl (C=O) groups is 3. The second-order valence-corrected chi connectivity index (χ2v) is 8.94. The largest absolute Gasteiger partial charge is 0.494 e. The fourth-order valence-electron chi connectivity index (χ4n) is 4.84. The quantitative estimate of drug-likeness (QED) is 0.573. The van der Waals surface area contributed by atoms with E-state index >= 15 is 0 Å². The summed E-state index contributed by atoms with van der Waals surface area (Å²) < 4.78 is 5.82. The van der Waals surface area contributed by atoms with E-state index in [-0.39, 0.29) is 11.8 Å². The Morgan fingerprint density at radius 2 is 1.51 bits per heavy atom. The van der Waals surface area contributed by atoms with Crippen molar-refractivity contribution in [3.8, 4) is 5.75 Å². The van der Waals surface area contributed by atoms with Gasteiger partial charge in [-0.2, -0.15) is 0 Å². The number of ether oxygens (including phenoxy) is 1. The molecule has 3 aromatic carbocycles. The minimum Gasteiger partial charge on any atom is -0.494 e. The van der Waals surface area contributed by atoms with Gasteiger partial charge in [-0.3, -0.25) is 19.4 Å². The molecule has 5 rings (SSSR count). The lowest BCUT2D eigenvalue weighted by molar-refractivity contribution is -0.123. The minimum absolute atomic E-state index is 0.341. The van der Waals surface area contributed by atoms with Crippen LogP contribution < -0.4 is 15.1 Å². The molecule has 0 aromatic heterocycles. The van der Waals surface area contributed by atoms with E-state index in [0.29, 0.717) is 23.6 Å². The van der Waals surface area contributed by atoms with Gasteiger partial charge in [0.25, 0.3) is 11.8 Å². The number of hydrogen-bond acceptors (Lipinski definition) is 5. The number of anilines is 1. The number of amides is 3. The lowest BCUT2D eigenvalue weighted by Crippen LogP contribution is -2.48.